The SMILES string of the molecule is O=C(OCC1=CCCC=C1)N1CCNCC1. The molecule has 2 rings (SSSR count). The summed E-state index contributed by atoms with van der Waals surface area (Å²) < 4.78 is 5.26. The minimum Gasteiger partial charge on any atom is -0.445 e. The van der Waals surface area contributed by atoms with Crippen LogP contribution in [0.25, 0.3) is 0 Å². The van der Waals surface area contributed by atoms with E-state index in [4.69, 9.17) is 4.74 Å². The molecule has 1 aliphatic carbocycles. The first kappa shape index (κ1) is 11.2. The van der Waals surface area contributed by atoms with Gasteiger partial charge < -0.3 is 15.0 Å². The molecule has 0 atom stereocenters. The fourth-order valence-electron chi connectivity index (χ4n) is 1.86. The Morgan fingerprint density at radius 3 is 2.88 bits per heavy atom. The third-order valence-corrected chi connectivity index (χ3v) is 2.81. The van der Waals surface area contributed by atoms with Crippen molar-refractivity contribution < 1.29 is 9.53 Å². The van der Waals surface area contributed by atoms with Crippen LogP contribution in [0.2, 0.25) is 0 Å². The van der Waals surface area contributed by atoms with Crippen molar-refractivity contribution in [2.24, 2.45) is 0 Å². The molecule has 1 saturated heterocycles. The van der Waals surface area contributed by atoms with E-state index in [1.165, 1.54) is 0 Å². The minimum atomic E-state index is -0.193. The molecule has 0 radical (unpaired) electrons. The number of hydrogen-bond donors (Lipinski definition) is 1. The Balaban J connectivity index is 1.74. The molecular formula is C12H18N2O2. The zero-order chi connectivity index (χ0) is 11.2. The number of rotatable bonds is 2. The van der Waals surface area contributed by atoms with E-state index in [1.54, 1.807) is 4.90 Å². The second-order valence-electron chi connectivity index (χ2n) is 4.05. The van der Waals surface area contributed by atoms with E-state index in [2.05, 4.69) is 17.5 Å². The van der Waals surface area contributed by atoms with Crippen LogP contribution in [0.15, 0.2) is 23.8 Å². The van der Waals surface area contributed by atoms with Crippen LogP contribution >= 0.6 is 0 Å². The third kappa shape index (κ3) is 3.10. The fourth-order valence-corrected chi connectivity index (χ4v) is 1.86. The van der Waals surface area contributed by atoms with Gasteiger partial charge in [0.15, 0.2) is 0 Å². The zero-order valence-electron chi connectivity index (χ0n) is 9.45. The molecular weight excluding hydrogens is 204 g/mol. The minimum absolute atomic E-state index is 0.193. The summed E-state index contributed by atoms with van der Waals surface area (Å²) in [7, 11) is 0. The molecule has 1 fully saturated rings. The standard InChI is InChI=1S/C12H18N2O2/c15-12(14-8-6-13-7-9-14)16-10-11-4-2-1-3-5-11/h2,4-5,13H,1,3,6-10H2. The van der Waals surface area contributed by atoms with Crippen LogP contribution < -0.4 is 5.32 Å². The van der Waals surface area contributed by atoms with Crippen molar-refractivity contribution in [3.8, 4) is 0 Å². The predicted octanol–water partition coefficient (Wildman–Crippen LogP) is 1.30. The summed E-state index contributed by atoms with van der Waals surface area (Å²) in [6.07, 6.45) is 8.24. The van der Waals surface area contributed by atoms with E-state index < -0.39 is 0 Å². The summed E-state index contributed by atoms with van der Waals surface area (Å²) in [4.78, 5) is 13.4. The van der Waals surface area contributed by atoms with Crippen LogP contribution in [0.3, 0.4) is 0 Å². The van der Waals surface area contributed by atoms with Crippen LogP contribution in [-0.4, -0.2) is 43.8 Å². The first-order valence-electron chi connectivity index (χ1n) is 5.84. The van der Waals surface area contributed by atoms with Crippen LogP contribution in [0.1, 0.15) is 12.8 Å². The van der Waals surface area contributed by atoms with Gasteiger partial charge >= 0.3 is 6.09 Å². The molecule has 0 saturated carbocycles. The summed E-state index contributed by atoms with van der Waals surface area (Å²) in [5.41, 5.74) is 1.11. The van der Waals surface area contributed by atoms with Gasteiger partial charge in [-0.2, -0.15) is 0 Å². The summed E-state index contributed by atoms with van der Waals surface area (Å²) in [6.45, 7) is 3.61. The summed E-state index contributed by atoms with van der Waals surface area (Å²) >= 11 is 0. The van der Waals surface area contributed by atoms with Gasteiger partial charge in [-0.25, -0.2) is 4.79 Å². The first-order valence-corrected chi connectivity index (χ1v) is 5.84. The Kier molecular flexibility index (Phi) is 3.99. The van der Waals surface area contributed by atoms with Crippen molar-refractivity contribution >= 4 is 6.09 Å². The molecule has 0 bridgehead atoms. The average Bonchev–Trinajstić information content (AvgIpc) is 2.38. The normalized spacial score (nSPS) is 20.5. The lowest BCUT2D eigenvalue weighted by Gasteiger charge is -2.26. The van der Waals surface area contributed by atoms with E-state index in [0.29, 0.717) is 6.61 Å². The molecule has 1 N–H and O–H groups in total. The highest BCUT2D eigenvalue weighted by molar-refractivity contribution is 5.68. The topological polar surface area (TPSA) is 41.6 Å². The van der Waals surface area contributed by atoms with Crippen molar-refractivity contribution in [1.82, 2.24) is 10.2 Å². The van der Waals surface area contributed by atoms with Gasteiger partial charge in [0.25, 0.3) is 0 Å². The maximum Gasteiger partial charge on any atom is 0.410 e. The highest BCUT2D eigenvalue weighted by Crippen LogP contribution is 2.10. The maximum atomic E-state index is 11.7. The maximum absolute atomic E-state index is 11.7. The summed E-state index contributed by atoms with van der Waals surface area (Å²) in [6, 6.07) is 0. The number of carbonyl (C=O) groups excluding carboxylic acids is 1. The second kappa shape index (κ2) is 5.70. The Hall–Kier alpha value is -1.29. The Morgan fingerprint density at radius 1 is 1.38 bits per heavy atom. The van der Waals surface area contributed by atoms with Gasteiger partial charge in [0, 0.05) is 26.2 Å². The molecule has 1 amide bonds. The lowest BCUT2D eigenvalue weighted by molar-refractivity contribution is 0.106. The van der Waals surface area contributed by atoms with Crippen LogP contribution in [-0.2, 0) is 4.74 Å². The number of hydrogen-bond acceptors (Lipinski definition) is 3. The van der Waals surface area contributed by atoms with Gasteiger partial charge in [0.1, 0.15) is 6.61 Å². The quantitative estimate of drug-likeness (QED) is 0.765. The lowest BCUT2D eigenvalue weighted by Crippen LogP contribution is -2.46. The number of carbonyl (C=O) groups is 1. The van der Waals surface area contributed by atoms with Gasteiger partial charge in [-0.3, -0.25) is 0 Å². The molecule has 0 spiro atoms. The number of amides is 1. The van der Waals surface area contributed by atoms with Gasteiger partial charge in [-0.05, 0) is 18.4 Å². The van der Waals surface area contributed by atoms with Gasteiger partial charge in [-0.15, -0.1) is 0 Å². The van der Waals surface area contributed by atoms with Crippen LogP contribution in [0.4, 0.5) is 4.79 Å². The van der Waals surface area contributed by atoms with Crippen molar-refractivity contribution in [3.05, 3.63) is 23.8 Å². The molecule has 88 valence electrons. The van der Waals surface area contributed by atoms with Crippen LogP contribution in [0.5, 0.6) is 0 Å². The third-order valence-electron chi connectivity index (χ3n) is 2.81. The smallest absolute Gasteiger partial charge is 0.410 e. The number of allylic oxidation sites excluding steroid dienone is 2. The van der Waals surface area contributed by atoms with E-state index >= 15 is 0 Å². The monoisotopic (exact) mass is 222 g/mol. The predicted molar refractivity (Wildman–Crippen MR) is 62.2 cm³/mol. The van der Waals surface area contributed by atoms with E-state index in [9.17, 15) is 4.79 Å². The van der Waals surface area contributed by atoms with Gasteiger partial charge in [-0.1, -0.05) is 18.2 Å². The van der Waals surface area contributed by atoms with Crippen molar-refractivity contribution in [1.29, 1.82) is 0 Å². The summed E-state index contributed by atoms with van der Waals surface area (Å²) in [5, 5.41) is 3.20. The molecule has 0 unspecified atom stereocenters. The molecule has 1 heterocycles. The molecule has 0 aromatic heterocycles. The zero-order valence-corrected chi connectivity index (χ0v) is 9.45. The number of nitrogens with zero attached hydrogens (tertiary/aromatic N) is 1. The fraction of sp³-hybridized carbons (Fsp3) is 0.583. The van der Waals surface area contributed by atoms with Crippen molar-refractivity contribution in [3.63, 3.8) is 0 Å². The highest BCUT2D eigenvalue weighted by atomic mass is 16.6. The van der Waals surface area contributed by atoms with Crippen molar-refractivity contribution in [2.75, 3.05) is 32.8 Å². The van der Waals surface area contributed by atoms with E-state index in [0.717, 1.165) is 44.6 Å². The molecule has 1 aliphatic heterocycles. The first-order chi connectivity index (χ1) is 7.86. The molecule has 4 heteroatoms. The molecule has 0 aromatic carbocycles. The molecule has 2 aliphatic rings. The number of ether oxygens (including phenoxy) is 1. The number of nitrogens with one attached hydrogen (secondary N) is 1. The van der Waals surface area contributed by atoms with Crippen LogP contribution in [0, 0.1) is 0 Å². The number of piperazine rings is 1. The van der Waals surface area contributed by atoms with Gasteiger partial charge in [0.2, 0.25) is 0 Å². The molecule has 0 aromatic rings. The Labute approximate surface area is 95.9 Å². The molecule has 16 heavy (non-hydrogen) atoms. The largest absolute Gasteiger partial charge is 0.445 e. The van der Waals surface area contributed by atoms with Crippen molar-refractivity contribution in [2.45, 2.75) is 12.8 Å². The Morgan fingerprint density at radius 2 is 2.19 bits per heavy atom. The Bertz CT molecular complexity index is 304. The van der Waals surface area contributed by atoms with E-state index in [1.807, 2.05) is 6.08 Å². The van der Waals surface area contributed by atoms with E-state index in [-0.39, 0.29) is 6.09 Å². The average molecular weight is 222 g/mol. The van der Waals surface area contributed by atoms with Gasteiger partial charge in [0.05, 0.1) is 0 Å². The lowest BCUT2D eigenvalue weighted by atomic mass is 10.1. The summed E-state index contributed by atoms with van der Waals surface area (Å²) in [5.74, 6) is 0. The second-order valence-corrected chi connectivity index (χ2v) is 4.05. The highest BCUT2D eigenvalue weighted by Gasteiger charge is 2.17. The molecule has 4 nitrogen and oxygen atoms in total.